The van der Waals surface area contributed by atoms with Gasteiger partial charge in [-0.1, -0.05) is 17.7 Å². The Labute approximate surface area is 133 Å². The number of hydrogen-bond donors (Lipinski definition) is 2. The lowest BCUT2D eigenvalue weighted by Gasteiger charge is -2.33. The summed E-state index contributed by atoms with van der Waals surface area (Å²) in [6.45, 7) is 11.6. The standard InChI is InChI=1S/C16H25N3O.ClH/c1-11-7-12(2)16(13(3)8-11)18-15(20)10-19-6-5-17-9-14(19)4;/h7-8,14,17H,5-6,9-10H2,1-4H3,(H,18,20);1H/t14-;/m1./s1. The molecule has 1 heterocycles. The van der Waals surface area contributed by atoms with Gasteiger partial charge < -0.3 is 10.6 Å². The molecule has 1 aromatic rings. The zero-order valence-corrected chi connectivity index (χ0v) is 14.1. The van der Waals surface area contributed by atoms with Crippen molar-refractivity contribution in [2.45, 2.75) is 33.7 Å². The second-order valence-corrected chi connectivity index (χ2v) is 5.85. The van der Waals surface area contributed by atoms with E-state index >= 15 is 0 Å². The van der Waals surface area contributed by atoms with Gasteiger partial charge in [0.1, 0.15) is 0 Å². The first-order valence-corrected chi connectivity index (χ1v) is 7.30. The molecule has 0 spiro atoms. The Hall–Kier alpha value is -1.10. The van der Waals surface area contributed by atoms with Crippen LogP contribution in [0.25, 0.3) is 0 Å². The smallest absolute Gasteiger partial charge is 0.238 e. The second kappa shape index (κ2) is 7.78. The average Bonchev–Trinajstić information content (AvgIpc) is 2.36. The highest BCUT2D eigenvalue weighted by molar-refractivity contribution is 5.93. The number of hydrogen-bond acceptors (Lipinski definition) is 3. The Balaban J connectivity index is 0.00000220. The molecular formula is C16H26ClN3O. The minimum atomic E-state index is 0. The lowest BCUT2D eigenvalue weighted by molar-refractivity contribution is -0.118. The van der Waals surface area contributed by atoms with Crippen LogP contribution in [-0.2, 0) is 4.79 Å². The molecule has 1 fully saturated rings. The van der Waals surface area contributed by atoms with Crippen molar-refractivity contribution >= 4 is 24.0 Å². The van der Waals surface area contributed by atoms with E-state index in [2.05, 4.69) is 41.5 Å². The van der Waals surface area contributed by atoms with Crippen molar-refractivity contribution in [3.05, 3.63) is 28.8 Å². The molecule has 1 atom stereocenters. The summed E-state index contributed by atoms with van der Waals surface area (Å²) < 4.78 is 0. The molecule has 0 aromatic heterocycles. The Morgan fingerprint density at radius 3 is 2.52 bits per heavy atom. The van der Waals surface area contributed by atoms with Gasteiger partial charge in [0.25, 0.3) is 0 Å². The summed E-state index contributed by atoms with van der Waals surface area (Å²) in [4.78, 5) is 14.5. The molecule has 0 saturated carbocycles. The number of rotatable bonds is 3. The lowest BCUT2D eigenvalue weighted by Crippen LogP contribution is -2.52. The highest BCUT2D eigenvalue weighted by Crippen LogP contribution is 2.21. The molecule has 1 amide bonds. The molecule has 118 valence electrons. The largest absolute Gasteiger partial charge is 0.324 e. The summed E-state index contributed by atoms with van der Waals surface area (Å²) in [5, 5.41) is 6.41. The molecule has 1 aliphatic rings. The molecule has 0 bridgehead atoms. The predicted molar refractivity (Wildman–Crippen MR) is 90.4 cm³/mol. The van der Waals surface area contributed by atoms with Crippen LogP contribution in [0.1, 0.15) is 23.6 Å². The second-order valence-electron chi connectivity index (χ2n) is 5.85. The fraction of sp³-hybridized carbons (Fsp3) is 0.562. The monoisotopic (exact) mass is 311 g/mol. The van der Waals surface area contributed by atoms with Gasteiger partial charge in [0.15, 0.2) is 0 Å². The first kappa shape index (κ1) is 18.0. The molecule has 1 aromatic carbocycles. The van der Waals surface area contributed by atoms with Crippen LogP contribution in [0, 0.1) is 20.8 Å². The normalized spacial score (nSPS) is 19.0. The van der Waals surface area contributed by atoms with Crippen molar-refractivity contribution in [1.29, 1.82) is 0 Å². The lowest BCUT2D eigenvalue weighted by atomic mass is 10.1. The van der Waals surface area contributed by atoms with E-state index in [9.17, 15) is 4.79 Å². The summed E-state index contributed by atoms with van der Waals surface area (Å²) in [5.74, 6) is 0.0776. The first-order valence-electron chi connectivity index (χ1n) is 7.30. The minimum Gasteiger partial charge on any atom is -0.324 e. The number of piperazine rings is 1. The van der Waals surface area contributed by atoms with Gasteiger partial charge in [-0.25, -0.2) is 0 Å². The maximum Gasteiger partial charge on any atom is 0.238 e. The van der Waals surface area contributed by atoms with Crippen molar-refractivity contribution in [3.63, 3.8) is 0 Å². The van der Waals surface area contributed by atoms with Crippen LogP contribution in [0.15, 0.2) is 12.1 Å². The minimum absolute atomic E-state index is 0. The van der Waals surface area contributed by atoms with Crippen molar-refractivity contribution in [2.75, 3.05) is 31.5 Å². The van der Waals surface area contributed by atoms with E-state index in [4.69, 9.17) is 0 Å². The molecule has 0 aliphatic carbocycles. The maximum atomic E-state index is 12.2. The number of benzene rings is 1. The van der Waals surface area contributed by atoms with E-state index in [1.165, 1.54) is 5.56 Å². The van der Waals surface area contributed by atoms with Crippen LogP contribution in [0.4, 0.5) is 5.69 Å². The van der Waals surface area contributed by atoms with E-state index in [0.717, 1.165) is 36.4 Å². The van der Waals surface area contributed by atoms with Gasteiger partial charge in [-0.3, -0.25) is 9.69 Å². The third-order valence-electron chi connectivity index (χ3n) is 3.93. The predicted octanol–water partition coefficient (Wildman–Crippen LogP) is 2.27. The van der Waals surface area contributed by atoms with E-state index in [0.29, 0.717) is 12.6 Å². The molecule has 0 unspecified atom stereocenters. The van der Waals surface area contributed by atoms with Gasteiger partial charge in [-0.15, -0.1) is 12.4 Å². The van der Waals surface area contributed by atoms with Crippen molar-refractivity contribution in [2.24, 2.45) is 0 Å². The van der Waals surface area contributed by atoms with Crippen LogP contribution in [0.3, 0.4) is 0 Å². The van der Waals surface area contributed by atoms with Crippen molar-refractivity contribution < 1.29 is 4.79 Å². The Bertz CT molecular complexity index is 481. The maximum absolute atomic E-state index is 12.2. The fourth-order valence-corrected chi connectivity index (χ4v) is 2.86. The van der Waals surface area contributed by atoms with Gasteiger partial charge in [-0.2, -0.15) is 0 Å². The topological polar surface area (TPSA) is 44.4 Å². The Morgan fingerprint density at radius 2 is 1.95 bits per heavy atom. The van der Waals surface area contributed by atoms with Crippen molar-refractivity contribution in [3.8, 4) is 0 Å². The van der Waals surface area contributed by atoms with Gasteiger partial charge in [0.05, 0.1) is 6.54 Å². The van der Waals surface area contributed by atoms with Crippen molar-refractivity contribution in [1.82, 2.24) is 10.2 Å². The van der Waals surface area contributed by atoms with Gasteiger partial charge >= 0.3 is 0 Å². The van der Waals surface area contributed by atoms with Gasteiger partial charge in [0, 0.05) is 31.4 Å². The number of nitrogens with zero attached hydrogens (tertiary/aromatic N) is 1. The van der Waals surface area contributed by atoms with E-state index < -0.39 is 0 Å². The number of carbonyl (C=O) groups is 1. The molecule has 1 aliphatic heterocycles. The Morgan fingerprint density at radius 1 is 1.33 bits per heavy atom. The number of aryl methyl sites for hydroxylation is 3. The van der Waals surface area contributed by atoms with Gasteiger partial charge in [-0.05, 0) is 38.8 Å². The summed E-state index contributed by atoms with van der Waals surface area (Å²) in [5.41, 5.74) is 4.45. The van der Waals surface area contributed by atoms with Crippen LogP contribution >= 0.6 is 12.4 Å². The first-order chi connectivity index (χ1) is 9.47. The molecular weight excluding hydrogens is 286 g/mol. The number of halogens is 1. The molecule has 1 saturated heterocycles. The SMILES string of the molecule is Cc1cc(C)c(NC(=O)CN2CCNC[C@H]2C)c(C)c1.Cl. The molecule has 4 nitrogen and oxygen atoms in total. The average molecular weight is 312 g/mol. The molecule has 2 N–H and O–H groups in total. The van der Waals surface area contributed by atoms with Crippen LogP contribution in [0.5, 0.6) is 0 Å². The molecule has 2 rings (SSSR count). The summed E-state index contributed by atoms with van der Waals surface area (Å²) in [6.07, 6.45) is 0. The highest BCUT2D eigenvalue weighted by Gasteiger charge is 2.20. The van der Waals surface area contributed by atoms with Crippen LogP contribution in [-0.4, -0.2) is 43.0 Å². The van der Waals surface area contributed by atoms with E-state index in [1.807, 2.05) is 13.8 Å². The zero-order chi connectivity index (χ0) is 14.7. The number of nitrogens with one attached hydrogen (secondary N) is 2. The summed E-state index contributed by atoms with van der Waals surface area (Å²) in [6, 6.07) is 4.63. The van der Waals surface area contributed by atoms with E-state index in [1.54, 1.807) is 0 Å². The van der Waals surface area contributed by atoms with Crippen LogP contribution in [0.2, 0.25) is 0 Å². The number of carbonyl (C=O) groups excluding carboxylic acids is 1. The third kappa shape index (κ3) is 4.70. The summed E-state index contributed by atoms with van der Waals surface area (Å²) >= 11 is 0. The fourth-order valence-electron chi connectivity index (χ4n) is 2.86. The zero-order valence-electron chi connectivity index (χ0n) is 13.3. The number of amides is 1. The van der Waals surface area contributed by atoms with Gasteiger partial charge in [0.2, 0.25) is 5.91 Å². The number of anilines is 1. The summed E-state index contributed by atoms with van der Waals surface area (Å²) in [7, 11) is 0. The van der Waals surface area contributed by atoms with Crippen LogP contribution < -0.4 is 10.6 Å². The third-order valence-corrected chi connectivity index (χ3v) is 3.93. The Kier molecular flexibility index (Phi) is 6.65. The highest BCUT2D eigenvalue weighted by atomic mass is 35.5. The quantitative estimate of drug-likeness (QED) is 0.900. The van der Waals surface area contributed by atoms with E-state index in [-0.39, 0.29) is 18.3 Å². The molecule has 0 radical (unpaired) electrons. The molecule has 21 heavy (non-hydrogen) atoms. The molecule has 5 heteroatoms.